The van der Waals surface area contributed by atoms with Crippen LogP contribution in [0.2, 0.25) is 0 Å². The zero-order valence-corrected chi connectivity index (χ0v) is 11.1. The molecule has 1 aromatic heterocycles. The lowest BCUT2D eigenvalue weighted by molar-refractivity contribution is -0.142. The van der Waals surface area contributed by atoms with Crippen molar-refractivity contribution in [3.05, 3.63) is 29.8 Å². The van der Waals surface area contributed by atoms with Gasteiger partial charge in [0.05, 0.1) is 17.1 Å². The highest BCUT2D eigenvalue weighted by molar-refractivity contribution is 5.75. The van der Waals surface area contributed by atoms with Crippen molar-refractivity contribution in [2.75, 3.05) is 6.54 Å². The minimum atomic E-state index is -0.795. The second-order valence-corrected chi connectivity index (χ2v) is 5.19. The summed E-state index contributed by atoms with van der Waals surface area (Å²) in [7, 11) is 0. The Morgan fingerprint density at radius 3 is 3.15 bits per heavy atom. The summed E-state index contributed by atoms with van der Waals surface area (Å²) in [5.74, 6) is -0.430. The number of imidazole rings is 1. The molecule has 2 heterocycles. The van der Waals surface area contributed by atoms with Crippen LogP contribution >= 0.6 is 0 Å². The van der Waals surface area contributed by atoms with Gasteiger partial charge in [0.15, 0.2) is 0 Å². The predicted octanol–water partition coefficient (Wildman–Crippen LogP) is 2.31. The predicted molar refractivity (Wildman–Crippen MR) is 71.8 cm³/mol. The normalized spacial score (nSPS) is 21.4. The molecule has 5 nitrogen and oxygen atoms in total. The number of carboxylic acids is 1. The minimum absolute atomic E-state index is 0.130. The van der Waals surface area contributed by atoms with Crippen molar-refractivity contribution in [3.8, 4) is 0 Å². The molecule has 2 aromatic rings. The maximum atomic E-state index is 13.2. The van der Waals surface area contributed by atoms with E-state index in [4.69, 9.17) is 0 Å². The Kier molecular flexibility index (Phi) is 3.17. The first-order valence-corrected chi connectivity index (χ1v) is 6.70. The standard InChI is InChI=1S/C14H16FN3O2/c1-8(18-6-2-3-12(18)14(19)20)13-16-10-5-4-9(15)7-11(10)17-13/h4-5,7-8,12H,2-3,6H2,1H3,(H,16,17)(H,19,20). The quantitative estimate of drug-likeness (QED) is 0.903. The van der Waals surface area contributed by atoms with Crippen LogP contribution in [0.25, 0.3) is 11.0 Å². The van der Waals surface area contributed by atoms with Gasteiger partial charge < -0.3 is 10.1 Å². The van der Waals surface area contributed by atoms with Crippen LogP contribution in [-0.4, -0.2) is 38.5 Å². The van der Waals surface area contributed by atoms with E-state index in [0.29, 0.717) is 23.3 Å². The molecule has 20 heavy (non-hydrogen) atoms. The van der Waals surface area contributed by atoms with Crippen molar-refractivity contribution in [1.29, 1.82) is 0 Å². The van der Waals surface area contributed by atoms with E-state index in [2.05, 4.69) is 9.97 Å². The molecule has 2 atom stereocenters. The summed E-state index contributed by atoms with van der Waals surface area (Å²) in [5, 5.41) is 9.23. The molecule has 0 bridgehead atoms. The summed E-state index contributed by atoms with van der Waals surface area (Å²) in [6, 6.07) is 3.80. The van der Waals surface area contributed by atoms with Gasteiger partial charge in [-0.05, 0) is 44.5 Å². The van der Waals surface area contributed by atoms with Gasteiger partial charge in [-0.2, -0.15) is 0 Å². The van der Waals surface area contributed by atoms with Crippen molar-refractivity contribution >= 4 is 17.0 Å². The third-order valence-corrected chi connectivity index (χ3v) is 3.93. The Morgan fingerprint density at radius 1 is 1.60 bits per heavy atom. The Bertz CT molecular complexity index is 655. The van der Waals surface area contributed by atoms with Crippen molar-refractivity contribution in [2.45, 2.75) is 31.8 Å². The highest BCUT2D eigenvalue weighted by Crippen LogP contribution is 2.29. The first kappa shape index (κ1) is 13.1. The summed E-state index contributed by atoms with van der Waals surface area (Å²) >= 11 is 0. The Labute approximate surface area is 115 Å². The monoisotopic (exact) mass is 277 g/mol. The van der Waals surface area contributed by atoms with Crippen LogP contribution in [0.4, 0.5) is 4.39 Å². The zero-order chi connectivity index (χ0) is 14.3. The molecule has 2 N–H and O–H groups in total. The number of carboxylic acid groups (broad SMARTS) is 1. The van der Waals surface area contributed by atoms with E-state index in [-0.39, 0.29) is 11.9 Å². The third kappa shape index (κ3) is 2.16. The molecule has 0 radical (unpaired) electrons. The van der Waals surface area contributed by atoms with E-state index in [1.807, 2.05) is 11.8 Å². The summed E-state index contributed by atoms with van der Waals surface area (Å²) in [4.78, 5) is 20.7. The Morgan fingerprint density at radius 2 is 2.40 bits per heavy atom. The summed E-state index contributed by atoms with van der Waals surface area (Å²) in [6.45, 7) is 2.67. The first-order valence-electron chi connectivity index (χ1n) is 6.70. The van der Waals surface area contributed by atoms with Gasteiger partial charge in [-0.15, -0.1) is 0 Å². The highest BCUT2D eigenvalue weighted by atomic mass is 19.1. The smallest absolute Gasteiger partial charge is 0.320 e. The number of benzene rings is 1. The van der Waals surface area contributed by atoms with E-state index in [1.54, 1.807) is 6.07 Å². The lowest BCUT2D eigenvalue weighted by Crippen LogP contribution is -2.38. The molecule has 106 valence electrons. The molecule has 6 heteroatoms. The number of aliphatic carboxylic acids is 1. The summed E-state index contributed by atoms with van der Waals surface area (Å²) in [5.41, 5.74) is 1.33. The Hall–Kier alpha value is -1.95. The van der Waals surface area contributed by atoms with Crippen LogP contribution in [-0.2, 0) is 4.79 Å². The number of hydrogen-bond donors (Lipinski definition) is 2. The number of H-pyrrole nitrogens is 1. The first-order chi connectivity index (χ1) is 9.56. The second kappa shape index (κ2) is 4.86. The molecule has 1 fully saturated rings. The second-order valence-electron chi connectivity index (χ2n) is 5.19. The van der Waals surface area contributed by atoms with E-state index in [0.717, 1.165) is 13.0 Å². The van der Waals surface area contributed by atoms with Gasteiger partial charge in [-0.3, -0.25) is 9.69 Å². The number of aromatic nitrogens is 2. The molecular formula is C14H16FN3O2. The average Bonchev–Trinajstić information content (AvgIpc) is 3.03. The zero-order valence-electron chi connectivity index (χ0n) is 11.1. The van der Waals surface area contributed by atoms with Crippen LogP contribution in [0.15, 0.2) is 18.2 Å². The molecule has 1 aliphatic heterocycles. The number of rotatable bonds is 3. The molecule has 2 unspecified atom stereocenters. The molecule has 0 amide bonds. The fourth-order valence-corrected chi connectivity index (χ4v) is 2.87. The lowest BCUT2D eigenvalue weighted by Gasteiger charge is -2.26. The fourth-order valence-electron chi connectivity index (χ4n) is 2.87. The molecule has 1 aromatic carbocycles. The van der Waals surface area contributed by atoms with Gasteiger partial charge in [0.2, 0.25) is 0 Å². The van der Waals surface area contributed by atoms with Gasteiger partial charge >= 0.3 is 5.97 Å². The van der Waals surface area contributed by atoms with E-state index >= 15 is 0 Å². The maximum Gasteiger partial charge on any atom is 0.320 e. The number of nitrogens with one attached hydrogen (secondary N) is 1. The largest absolute Gasteiger partial charge is 0.480 e. The summed E-state index contributed by atoms with van der Waals surface area (Å²) < 4.78 is 13.2. The average molecular weight is 277 g/mol. The van der Waals surface area contributed by atoms with Crippen molar-refractivity contribution in [2.24, 2.45) is 0 Å². The Balaban J connectivity index is 1.91. The molecule has 1 aliphatic rings. The van der Waals surface area contributed by atoms with Crippen LogP contribution in [0, 0.1) is 5.82 Å². The number of likely N-dealkylation sites (tertiary alicyclic amines) is 1. The topological polar surface area (TPSA) is 69.2 Å². The number of fused-ring (bicyclic) bond motifs is 1. The minimum Gasteiger partial charge on any atom is -0.480 e. The molecule has 0 spiro atoms. The van der Waals surface area contributed by atoms with Gasteiger partial charge in [-0.1, -0.05) is 0 Å². The molecule has 3 rings (SSSR count). The number of carbonyl (C=O) groups is 1. The van der Waals surface area contributed by atoms with Gasteiger partial charge in [-0.25, -0.2) is 9.37 Å². The highest BCUT2D eigenvalue weighted by Gasteiger charge is 2.35. The fraction of sp³-hybridized carbons (Fsp3) is 0.429. The summed E-state index contributed by atoms with van der Waals surface area (Å²) in [6.07, 6.45) is 1.53. The number of nitrogens with zero attached hydrogens (tertiary/aromatic N) is 2. The van der Waals surface area contributed by atoms with Crippen LogP contribution in [0.5, 0.6) is 0 Å². The van der Waals surface area contributed by atoms with Crippen molar-refractivity contribution in [1.82, 2.24) is 14.9 Å². The third-order valence-electron chi connectivity index (χ3n) is 3.93. The SMILES string of the molecule is CC(c1nc2ccc(F)cc2[nH]1)N1CCCC1C(=O)O. The van der Waals surface area contributed by atoms with E-state index in [1.165, 1.54) is 12.1 Å². The number of aromatic amines is 1. The van der Waals surface area contributed by atoms with Crippen LogP contribution in [0.1, 0.15) is 31.6 Å². The molecule has 0 aliphatic carbocycles. The van der Waals surface area contributed by atoms with Gasteiger partial charge in [0, 0.05) is 0 Å². The molecule has 1 saturated heterocycles. The van der Waals surface area contributed by atoms with Gasteiger partial charge in [0.1, 0.15) is 17.7 Å². The van der Waals surface area contributed by atoms with Gasteiger partial charge in [0.25, 0.3) is 0 Å². The van der Waals surface area contributed by atoms with E-state index in [9.17, 15) is 14.3 Å². The molecule has 0 saturated carbocycles. The maximum absolute atomic E-state index is 13.2. The van der Waals surface area contributed by atoms with Crippen molar-refractivity contribution < 1.29 is 14.3 Å². The molecular weight excluding hydrogens is 261 g/mol. The van der Waals surface area contributed by atoms with E-state index < -0.39 is 12.0 Å². The lowest BCUT2D eigenvalue weighted by atomic mass is 10.2. The van der Waals surface area contributed by atoms with Crippen molar-refractivity contribution in [3.63, 3.8) is 0 Å². The number of hydrogen-bond acceptors (Lipinski definition) is 3. The van der Waals surface area contributed by atoms with Crippen LogP contribution < -0.4 is 0 Å². The van der Waals surface area contributed by atoms with Crippen LogP contribution in [0.3, 0.4) is 0 Å². The number of halogens is 1.